The molecular weight excluding hydrogens is 666 g/mol. The molecule has 0 radical (unpaired) electrons. The minimum atomic E-state index is -0.458. The van der Waals surface area contributed by atoms with Crippen LogP contribution in [-0.2, 0) is 25.6 Å². The number of benzene rings is 1. The van der Waals surface area contributed by atoms with Gasteiger partial charge in [0.1, 0.15) is 19.7 Å². The van der Waals surface area contributed by atoms with Crippen molar-refractivity contribution >= 4 is 11.9 Å². The molecule has 0 saturated heterocycles. The van der Waals surface area contributed by atoms with Gasteiger partial charge in [0.2, 0.25) is 0 Å². The van der Waals surface area contributed by atoms with Gasteiger partial charge in [0.05, 0.1) is 14.1 Å². The number of likely N-dealkylation sites (N-methyl/N-ethyl adjacent to an activating group) is 1. The average Bonchev–Trinajstić information content (AvgIpc) is 3.11. The first kappa shape index (κ1) is 49.9. The van der Waals surface area contributed by atoms with Crippen LogP contribution in [0.15, 0.2) is 54.6 Å². The van der Waals surface area contributed by atoms with Crippen LogP contribution in [0.2, 0.25) is 0 Å². The highest BCUT2D eigenvalue weighted by atomic mass is 35.5. The first-order chi connectivity index (χ1) is 24.9. The van der Waals surface area contributed by atoms with E-state index in [0.29, 0.717) is 23.9 Å². The Hall–Kier alpha value is -2.11. The van der Waals surface area contributed by atoms with Crippen molar-refractivity contribution in [3.8, 4) is 0 Å². The fraction of sp³-hybridized carbons (Fsp3) is 0.739. The van der Waals surface area contributed by atoms with E-state index in [1.165, 1.54) is 108 Å². The van der Waals surface area contributed by atoms with E-state index in [1.54, 1.807) is 0 Å². The van der Waals surface area contributed by atoms with Crippen molar-refractivity contribution in [1.29, 1.82) is 0 Å². The minimum absolute atomic E-state index is 0. The van der Waals surface area contributed by atoms with Crippen LogP contribution in [-0.4, -0.2) is 49.8 Å². The van der Waals surface area contributed by atoms with Crippen LogP contribution in [0.5, 0.6) is 0 Å². The van der Waals surface area contributed by atoms with Gasteiger partial charge in [-0.3, -0.25) is 9.59 Å². The Labute approximate surface area is 327 Å². The van der Waals surface area contributed by atoms with Gasteiger partial charge >= 0.3 is 11.9 Å². The number of allylic oxidation sites excluding steroid dienone is 4. The molecule has 0 aliphatic rings. The topological polar surface area (TPSA) is 52.6 Å². The van der Waals surface area contributed by atoms with Gasteiger partial charge < -0.3 is 26.4 Å². The maximum absolute atomic E-state index is 12.9. The molecule has 1 unspecified atom stereocenters. The lowest BCUT2D eigenvalue weighted by Crippen LogP contribution is -3.00. The molecule has 1 atom stereocenters. The van der Waals surface area contributed by atoms with E-state index < -0.39 is 6.10 Å². The van der Waals surface area contributed by atoms with Gasteiger partial charge in [-0.15, -0.1) is 0 Å². The lowest BCUT2D eigenvalue weighted by Gasteiger charge is -2.33. The normalized spacial score (nSPS) is 12.3. The summed E-state index contributed by atoms with van der Waals surface area (Å²) in [6, 6.07) is 10.4. The Balaban J connectivity index is 0.0000260. The molecule has 0 aliphatic heterocycles. The average molecular weight is 747 g/mol. The lowest BCUT2D eigenvalue weighted by molar-refractivity contribution is -0.906. The molecular formula is C46H80ClNO4. The fourth-order valence-electron chi connectivity index (χ4n) is 6.65. The highest BCUT2D eigenvalue weighted by Crippen LogP contribution is 2.15. The van der Waals surface area contributed by atoms with Crippen molar-refractivity contribution in [2.45, 2.75) is 193 Å². The number of carbonyl (C=O) groups excluding carboxylic acids is 2. The maximum Gasteiger partial charge on any atom is 0.306 e. The molecule has 0 amide bonds. The van der Waals surface area contributed by atoms with E-state index in [1.807, 2.05) is 6.07 Å². The van der Waals surface area contributed by atoms with Crippen molar-refractivity contribution in [3.05, 3.63) is 60.2 Å². The number of unbranched alkanes of at least 4 members (excludes halogenated alkanes) is 20. The van der Waals surface area contributed by atoms with E-state index in [2.05, 4.69) is 76.5 Å². The van der Waals surface area contributed by atoms with Gasteiger partial charge in [-0.25, -0.2) is 0 Å². The Morgan fingerprint density at radius 1 is 0.577 bits per heavy atom. The maximum atomic E-state index is 12.9. The van der Waals surface area contributed by atoms with Gasteiger partial charge in [-0.2, -0.15) is 0 Å². The van der Waals surface area contributed by atoms with E-state index >= 15 is 0 Å². The number of esters is 2. The number of rotatable bonds is 35. The molecule has 300 valence electrons. The molecule has 0 aliphatic carbocycles. The molecule has 0 bridgehead atoms. The van der Waals surface area contributed by atoms with Crippen LogP contribution in [0.3, 0.4) is 0 Å². The molecule has 0 spiro atoms. The van der Waals surface area contributed by atoms with Crippen LogP contribution in [0.25, 0.3) is 0 Å². The predicted octanol–water partition coefficient (Wildman–Crippen LogP) is 10.0. The highest BCUT2D eigenvalue weighted by Gasteiger charge is 2.27. The van der Waals surface area contributed by atoms with Crippen LogP contribution in [0, 0.1) is 0 Å². The van der Waals surface area contributed by atoms with Crippen LogP contribution in [0.1, 0.15) is 186 Å². The zero-order valence-corrected chi connectivity index (χ0v) is 35.0. The highest BCUT2D eigenvalue weighted by molar-refractivity contribution is 5.70. The zero-order chi connectivity index (χ0) is 37.1. The third-order valence-electron chi connectivity index (χ3n) is 9.67. The fourth-order valence-corrected chi connectivity index (χ4v) is 6.65. The summed E-state index contributed by atoms with van der Waals surface area (Å²) < 4.78 is 12.3. The number of carbonyl (C=O) groups is 2. The van der Waals surface area contributed by atoms with Gasteiger partial charge in [-0.05, 0) is 64.2 Å². The van der Waals surface area contributed by atoms with Crippen molar-refractivity contribution in [2.24, 2.45) is 0 Å². The number of quaternary nitrogens is 1. The molecule has 0 aromatic heterocycles. The molecule has 0 fully saturated rings. The second-order valence-electron chi connectivity index (χ2n) is 15.5. The van der Waals surface area contributed by atoms with Crippen molar-refractivity contribution in [3.63, 3.8) is 0 Å². The molecule has 0 heterocycles. The number of halogens is 1. The Bertz CT molecular complexity index is 1010. The second kappa shape index (κ2) is 35.9. The minimum Gasteiger partial charge on any atom is -1.00 e. The van der Waals surface area contributed by atoms with Crippen LogP contribution < -0.4 is 12.4 Å². The smallest absolute Gasteiger partial charge is 0.306 e. The third kappa shape index (κ3) is 32.5. The predicted molar refractivity (Wildman–Crippen MR) is 218 cm³/mol. The third-order valence-corrected chi connectivity index (χ3v) is 9.67. The number of hydrogen-bond acceptors (Lipinski definition) is 4. The Morgan fingerprint density at radius 3 is 1.44 bits per heavy atom. The van der Waals surface area contributed by atoms with Crippen LogP contribution in [0.4, 0.5) is 0 Å². The first-order valence-corrected chi connectivity index (χ1v) is 21.4. The van der Waals surface area contributed by atoms with Gasteiger partial charge in [0.15, 0.2) is 6.10 Å². The van der Waals surface area contributed by atoms with Gasteiger partial charge in [0, 0.05) is 18.4 Å². The van der Waals surface area contributed by atoms with Crippen molar-refractivity contribution in [1.82, 2.24) is 0 Å². The van der Waals surface area contributed by atoms with E-state index in [9.17, 15) is 9.59 Å². The van der Waals surface area contributed by atoms with Crippen LogP contribution >= 0.6 is 0 Å². The lowest BCUT2D eigenvalue weighted by atomic mass is 10.1. The quantitative estimate of drug-likeness (QED) is 0.0301. The van der Waals surface area contributed by atoms with Gasteiger partial charge in [0.25, 0.3) is 0 Å². The SMILES string of the molecule is CCCCCCCC/C=C/CCCCCCC(=O)OCC(C[N+](C)(C)Cc1ccccc1)OC(=O)CCCCCC/C=C/CCCCCCCC.[Cl-]. The molecule has 1 rings (SSSR count). The Morgan fingerprint density at radius 2 is 0.981 bits per heavy atom. The summed E-state index contributed by atoms with van der Waals surface area (Å²) in [5.74, 6) is -0.375. The monoisotopic (exact) mass is 746 g/mol. The summed E-state index contributed by atoms with van der Waals surface area (Å²) in [5.41, 5.74) is 1.23. The summed E-state index contributed by atoms with van der Waals surface area (Å²) in [7, 11) is 4.28. The van der Waals surface area contributed by atoms with E-state index in [0.717, 1.165) is 57.9 Å². The largest absolute Gasteiger partial charge is 1.00 e. The summed E-state index contributed by atoms with van der Waals surface area (Å²) in [4.78, 5) is 25.5. The molecule has 1 aromatic carbocycles. The summed E-state index contributed by atoms with van der Waals surface area (Å²) in [6.45, 7) is 6.05. The number of nitrogens with zero attached hydrogens (tertiary/aromatic N) is 1. The molecule has 6 heteroatoms. The molecule has 0 N–H and O–H groups in total. The standard InChI is InChI=1S/C46H80NO4.ClH/c1-5-7-9-11-13-15-17-19-21-23-25-27-29-34-38-45(48)50-42-44(41-47(3,4)40-43-36-32-31-33-37-43)51-46(49)39-35-30-28-26-24-22-20-18-16-14-12-10-8-6-2;/h19-22,31-33,36-37,44H,5-18,23-30,34-35,38-42H2,1-4H3;1H/q+1;/p-1/b21-19+,22-20+;. The number of hydrogen-bond donors (Lipinski definition) is 0. The first-order valence-electron chi connectivity index (χ1n) is 21.4. The summed E-state index contributed by atoms with van der Waals surface area (Å²) in [6.07, 6.45) is 38.9. The molecule has 0 saturated carbocycles. The molecule has 5 nitrogen and oxygen atoms in total. The summed E-state index contributed by atoms with van der Waals surface area (Å²) in [5, 5.41) is 0. The second-order valence-corrected chi connectivity index (χ2v) is 15.5. The molecule has 1 aromatic rings. The molecule has 52 heavy (non-hydrogen) atoms. The van der Waals surface area contributed by atoms with E-state index in [4.69, 9.17) is 9.47 Å². The van der Waals surface area contributed by atoms with E-state index in [-0.39, 0.29) is 31.0 Å². The van der Waals surface area contributed by atoms with Crippen molar-refractivity contribution < 1.29 is 36.0 Å². The van der Waals surface area contributed by atoms with Gasteiger partial charge in [-0.1, -0.05) is 158 Å². The van der Waals surface area contributed by atoms with Crippen molar-refractivity contribution in [2.75, 3.05) is 27.2 Å². The zero-order valence-electron chi connectivity index (χ0n) is 34.2. The summed E-state index contributed by atoms with van der Waals surface area (Å²) >= 11 is 0. The Kier molecular flexibility index (Phi) is 34.4. The number of ether oxygens (including phenoxy) is 2.